The number of aromatic nitrogens is 2. The van der Waals surface area contributed by atoms with E-state index in [0.29, 0.717) is 29.1 Å². The standard InChI is InChI=1S/C17H13Cl2F2N3/c18-13-6-11(23-15-12(13)8-22-16(19)14(15)21)2-4-17-3-1-5-24(17)9-10(20)7-17/h6,8,10H,1,3,5,7,9H2/t10-,17-/m1/s1. The normalized spacial score (nSPS) is 26.4. The Labute approximate surface area is 148 Å². The molecule has 2 aliphatic heterocycles. The van der Waals surface area contributed by atoms with E-state index in [1.807, 2.05) is 0 Å². The summed E-state index contributed by atoms with van der Waals surface area (Å²) in [5.41, 5.74) is -0.0451. The molecule has 0 unspecified atom stereocenters. The van der Waals surface area contributed by atoms with Gasteiger partial charge in [-0.2, -0.15) is 0 Å². The van der Waals surface area contributed by atoms with Crippen LogP contribution in [0.1, 0.15) is 25.0 Å². The molecule has 0 bridgehead atoms. The van der Waals surface area contributed by atoms with Crippen molar-refractivity contribution in [3.8, 4) is 11.8 Å². The van der Waals surface area contributed by atoms with E-state index in [4.69, 9.17) is 23.2 Å². The minimum atomic E-state index is -0.852. The highest BCUT2D eigenvalue weighted by Gasteiger charge is 2.47. The summed E-state index contributed by atoms with van der Waals surface area (Å²) in [6.45, 7) is 1.29. The lowest BCUT2D eigenvalue weighted by Gasteiger charge is -2.25. The number of rotatable bonds is 0. The molecule has 3 nitrogen and oxygen atoms in total. The maximum Gasteiger partial charge on any atom is 0.186 e. The smallest absolute Gasteiger partial charge is 0.186 e. The lowest BCUT2D eigenvalue weighted by atomic mass is 9.94. The predicted octanol–water partition coefficient (Wildman–Crippen LogP) is 4.00. The molecule has 2 aromatic rings. The van der Waals surface area contributed by atoms with Gasteiger partial charge in [-0.15, -0.1) is 0 Å². The van der Waals surface area contributed by atoms with E-state index in [1.54, 1.807) is 6.07 Å². The van der Waals surface area contributed by atoms with Crippen LogP contribution in [0.4, 0.5) is 8.78 Å². The fraction of sp³-hybridized carbons (Fsp3) is 0.412. The summed E-state index contributed by atoms with van der Waals surface area (Å²) in [6.07, 6.45) is 2.78. The van der Waals surface area contributed by atoms with Crippen molar-refractivity contribution in [2.75, 3.05) is 13.1 Å². The number of pyridine rings is 2. The number of alkyl halides is 1. The van der Waals surface area contributed by atoms with Crippen LogP contribution >= 0.6 is 23.2 Å². The van der Waals surface area contributed by atoms with Gasteiger partial charge in [-0.25, -0.2) is 18.7 Å². The summed E-state index contributed by atoms with van der Waals surface area (Å²) in [5, 5.41) is 0.435. The van der Waals surface area contributed by atoms with Crippen LogP contribution in [0.5, 0.6) is 0 Å². The van der Waals surface area contributed by atoms with E-state index in [9.17, 15) is 8.78 Å². The number of fused-ring (bicyclic) bond motifs is 2. The largest absolute Gasteiger partial charge is 0.284 e. The first-order valence-corrected chi connectivity index (χ1v) is 8.47. The van der Waals surface area contributed by atoms with Gasteiger partial charge in [0.25, 0.3) is 0 Å². The lowest BCUT2D eigenvalue weighted by Crippen LogP contribution is -2.36. The van der Waals surface area contributed by atoms with Crippen molar-refractivity contribution in [1.82, 2.24) is 14.9 Å². The van der Waals surface area contributed by atoms with Gasteiger partial charge in [0.05, 0.1) is 10.6 Å². The molecule has 4 rings (SSSR count). The molecular formula is C17H13Cl2F2N3. The van der Waals surface area contributed by atoms with Gasteiger partial charge in [-0.3, -0.25) is 4.90 Å². The van der Waals surface area contributed by atoms with Gasteiger partial charge < -0.3 is 0 Å². The second-order valence-electron chi connectivity index (χ2n) is 6.25. The van der Waals surface area contributed by atoms with Gasteiger partial charge >= 0.3 is 0 Å². The second-order valence-corrected chi connectivity index (χ2v) is 7.01. The first-order chi connectivity index (χ1) is 11.5. The van der Waals surface area contributed by atoms with Gasteiger partial charge in [-0.1, -0.05) is 29.1 Å². The average molecular weight is 368 g/mol. The maximum atomic E-state index is 14.1. The molecule has 2 saturated heterocycles. The maximum absolute atomic E-state index is 14.1. The molecule has 0 saturated carbocycles. The van der Waals surface area contributed by atoms with Crippen molar-refractivity contribution in [3.63, 3.8) is 0 Å². The molecule has 124 valence electrons. The second kappa shape index (κ2) is 5.80. The van der Waals surface area contributed by atoms with E-state index in [1.165, 1.54) is 6.20 Å². The highest BCUT2D eigenvalue weighted by atomic mass is 35.5. The van der Waals surface area contributed by atoms with Crippen LogP contribution in [0.25, 0.3) is 10.9 Å². The highest BCUT2D eigenvalue weighted by molar-refractivity contribution is 6.36. The average Bonchev–Trinajstić information content (AvgIpc) is 3.05. The molecule has 2 fully saturated rings. The number of nitrogens with zero attached hydrogens (tertiary/aromatic N) is 3. The number of hydrogen-bond acceptors (Lipinski definition) is 3. The highest BCUT2D eigenvalue weighted by Crippen LogP contribution is 2.39. The quantitative estimate of drug-likeness (QED) is 0.520. The Balaban J connectivity index is 1.78. The minimum Gasteiger partial charge on any atom is -0.284 e. The van der Waals surface area contributed by atoms with Crippen molar-refractivity contribution in [2.24, 2.45) is 0 Å². The third-order valence-corrected chi connectivity index (χ3v) is 5.30. The van der Waals surface area contributed by atoms with Crippen molar-refractivity contribution in [1.29, 1.82) is 0 Å². The van der Waals surface area contributed by atoms with Crippen LogP contribution in [-0.2, 0) is 0 Å². The molecule has 0 aromatic carbocycles. The SMILES string of the molecule is Fc1c(Cl)ncc2c(Cl)cc(C#C[C@@]34CCCN3C[C@H](F)C4)nc12. The molecule has 0 N–H and O–H groups in total. The summed E-state index contributed by atoms with van der Waals surface area (Å²) in [4.78, 5) is 10.0. The monoisotopic (exact) mass is 367 g/mol. The molecule has 7 heteroatoms. The molecule has 2 aliphatic rings. The van der Waals surface area contributed by atoms with Crippen molar-refractivity contribution in [2.45, 2.75) is 31.0 Å². The zero-order valence-electron chi connectivity index (χ0n) is 12.6. The molecule has 0 spiro atoms. The zero-order chi connectivity index (χ0) is 16.9. The van der Waals surface area contributed by atoms with Crippen LogP contribution in [0.15, 0.2) is 12.3 Å². The molecule has 0 aliphatic carbocycles. The summed E-state index contributed by atoms with van der Waals surface area (Å²) in [5.74, 6) is 5.42. The Kier molecular flexibility index (Phi) is 3.87. The van der Waals surface area contributed by atoms with Crippen LogP contribution in [0, 0.1) is 17.7 Å². The van der Waals surface area contributed by atoms with E-state index >= 15 is 0 Å². The van der Waals surface area contributed by atoms with Crippen LogP contribution in [-0.4, -0.2) is 39.7 Å². The van der Waals surface area contributed by atoms with Gasteiger partial charge in [0.2, 0.25) is 0 Å². The van der Waals surface area contributed by atoms with Crippen molar-refractivity contribution in [3.05, 3.63) is 34.0 Å². The molecule has 0 radical (unpaired) electrons. The van der Waals surface area contributed by atoms with Crippen molar-refractivity contribution < 1.29 is 8.78 Å². The Morgan fingerprint density at radius 2 is 2.21 bits per heavy atom. The summed E-state index contributed by atoms with van der Waals surface area (Å²) < 4.78 is 27.9. The minimum absolute atomic E-state index is 0.0439. The summed E-state index contributed by atoms with van der Waals surface area (Å²) >= 11 is 11.9. The van der Waals surface area contributed by atoms with Gasteiger partial charge in [0.1, 0.15) is 17.4 Å². The fourth-order valence-corrected chi connectivity index (χ4v) is 4.01. The van der Waals surface area contributed by atoms with Crippen LogP contribution in [0.2, 0.25) is 10.2 Å². The molecular weight excluding hydrogens is 355 g/mol. The van der Waals surface area contributed by atoms with E-state index in [-0.39, 0.29) is 10.7 Å². The number of hydrogen-bond donors (Lipinski definition) is 0. The van der Waals surface area contributed by atoms with E-state index < -0.39 is 17.5 Å². The third-order valence-electron chi connectivity index (χ3n) is 4.73. The van der Waals surface area contributed by atoms with E-state index in [0.717, 1.165) is 19.4 Å². The Morgan fingerprint density at radius 1 is 1.38 bits per heavy atom. The molecule has 2 atom stereocenters. The Morgan fingerprint density at radius 3 is 3.04 bits per heavy atom. The van der Waals surface area contributed by atoms with Crippen molar-refractivity contribution >= 4 is 34.1 Å². The first-order valence-electron chi connectivity index (χ1n) is 7.71. The molecule has 24 heavy (non-hydrogen) atoms. The number of halogens is 4. The van der Waals surface area contributed by atoms with Crippen LogP contribution < -0.4 is 0 Å². The summed E-state index contributed by atoms with van der Waals surface area (Å²) in [7, 11) is 0. The fourth-order valence-electron chi connectivity index (χ4n) is 3.63. The summed E-state index contributed by atoms with van der Waals surface area (Å²) in [6, 6.07) is 1.57. The Hall–Kier alpha value is -1.48. The molecule has 4 heterocycles. The van der Waals surface area contributed by atoms with Gasteiger partial charge in [0.15, 0.2) is 11.0 Å². The molecule has 2 aromatic heterocycles. The van der Waals surface area contributed by atoms with Crippen LogP contribution in [0.3, 0.4) is 0 Å². The first kappa shape index (κ1) is 16.0. The Bertz CT molecular complexity index is 893. The predicted molar refractivity (Wildman–Crippen MR) is 89.4 cm³/mol. The van der Waals surface area contributed by atoms with Gasteiger partial charge in [0, 0.05) is 24.5 Å². The lowest BCUT2D eigenvalue weighted by molar-refractivity contribution is 0.255. The van der Waals surface area contributed by atoms with Gasteiger partial charge in [-0.05, 0) is 31.4 Å². The topological polar surface area (TPSA) is 29.0 Å². The zero-order valence-corrected chi connectivity index (χ0v) is 14.1. The molecule has 0 amide bonds. The van der Waals surface area contributed by atoms with E-state index in [2.05, 4.69) is 26.7 Å². The third kappa shape index (κ3) is 2.54.